The predicted molar refractivity (Wildman–Crippen MR) is 165 cm³/mol. The van der Waals surface area contributed by atoms with Gasteiger partial charge >= 0.3 is 12.1 Å². The number of ether oxygens (including phenoxy) is 1. The van der Waals surface area contributed by atoms with Gasteiger partial charge < -0.3 is 15.2 Å². The molecular weight excluding hydrogens is 608 g/mol. The number of ketones is 1. The number of aliphatic carboxylic acids is 1. The highest BCUT2D eigenvalue weighted by Crippen LogP contribution is 2.30. The Balaban J connectivity index is 1.34. The molecule has 1 atom stereocenters. The molecule has 0 bridgehead atoms. The molecule has 0 fully saturated rings. The number of aromatic nitrogens is 1. The van der Waals surface area contributed by atoms with Gasteiger partial charge in [0.2, 0.25) is 0 Å². The molecule has 2 N–H and O–H groups in total. The van der Waals surface area contributed by atoms with E-state index in [0.29, 0.717) is 30.9 Å². The summed E-state index contributed by atoms with van der Waals surface area (Å²) in [5.74, 6) is -1.34. The minimum atomic E-state index is -4.51. The molecule has 0 saturated heterocycles. The van der Waals surface area contributed by atoms with Crippen LogP contribution in [0.3, 0.4) is 0 Å². The van der Waals surface area contributed by atoms with Crippen molar-refractivity contribution >= 4 is 23.1 Å². The van der Waals surface area contributed by atoms with Crippen molar-refractivity contribution in [3.05, 3.63) is 118 Å². The number of carboxylic acid groups (broad SMARTS) is 1. The minimum Gasteiger partial charge on any atom is -0.493 e. The molecule has 0 amide bonds. The standard InChI is InChI=1S/C34H32F4N2O4S/c1-3-26(20-30(41)22-7-11-24(12-8-22)34(36,37)38)39-29(33(42)43)19-21-5-15-27(16-6-21)44-18-17-28-31(4-2)45-32(40-28)23-9-13-25(35)14-10-23/h5-16,20,29,39H,3-4,17-19H2,1-2H3,(H,42,43)/b26-20+/t29-/m0/s1. The van der Waals surface area contributed by atoms with Crippen LogP contribution in [-0.2, 0) is 30.2 Å². The number of carbonyl (C=O) groups excluding carboxylic acids is 1. The van der Waals surface area contributed by atoms with E-state index in [-0.39, 0.29) is 17.8 Å². The fourth-order valence-electron chi connectivity index (χ4n) is 4.53. The summed E-state index contributed by atoms with van der Waals surface area (Å²) in [6, 6.07) is 16.1. The third-order valence-corrected chi connectivity index (χ3v) is 8.29. The average Bonchev–Trinajstić information content (AvgIpc) is 3.44. The van der Waals surface area contributed by atoms with Crippen molar-refractivity contribution in [2.24, 2.45) is 0 Å². The number of hydrogen-bond acceptors (Lipinski definition) is 6. The van der Waals surface area contributed by atoms with Crippen LogP contribution >= 0.6 is 11.3 Å². The highest BCUT2D eigenvalue weighted by Gasteiger charge is 2.30. The van der Waals surface area contributed by atoms with Crippen LogP contribution in [0, 0.1) is 5.82 Å². The van der Waals surface area contributed by atoms with Gasteiger partial charge in [-0.25, -0.2) is 14.2 Å². The lowest BCUT2D eigenvalue weighted by molar-refractivity contribution is -0.139. The Labute approximate surface area is 262 Å². The summed E-state index contributed by atoms with van der Waals surface area (Å²) in [6.07, 6.45) is -1.46. The van der Waals surface area contributed by atoms with Crippen molar-refractivity contribution in [2.75, 3.05) is 6.61 Å². The summed E-state index contributed by atoms with van der Waals surface area (Å²) < 4.78 is 57.7. The van der Waals surface area contributed by atoms with Gasteiger partial charge in [-0.15, -0.1) is 11.3 Å². The largest absolute Gasteiger partial charge is 0.493 e. The van der Waals surface area contributed by atoms with Crippen molar-refractivity contribution in [2.45, 2.75) is 51.7 Å². The second-order valence-electron chi connectivity index (χ2n) is 10.2. The van der Waals surface area contributed by atoms with Crippen molar-refractivity contribution in [1.29, 1.82) is 0 Å². The van der Waals surface area contributed by atoms with Crippen LogP contribution in [0.2, 0.25) is 0 Å². The Kier molecular flexibility index (Phi) is 11.1. The number of alkyl halides is 3. The lowest BCUT2D eigenvalue weighted by Gasteiger charge is -2.18. The molecule has 0 spiro atoms. The third-order valence-electron chi connectivity index (χ3n) is 7.00. The van der Waals surface area contributed by atoms with E-state index in [1.807, 2.05) is 0 Å². The molecule has 0 radical (unpaired) electrons. The van der Waals surface area contributed by atoms with Crippen LogP contribution in [0.4, 0.5) is 17.6 Å². The Hall–Kier alpha value is -4.51. The van der Waals surface area contributed by atoms with Crippen molar-refractivity contribution < 1.29 is 37.0 Å². The number of benzene rings is 3. The Bertz CT molecular complexity index is 1630. The number of carboxylic acids is 1. The van der Waals surface area contributed by atoms with Crippen LogP contribution in [-0.4, -0.2) is 34.5 Å². The number of rotatable bonds is 14. The fraction of sp³-hybridized carbons (Fsp3) is 0.265. The first-order valence-electron chi connectivity index (χ1n) is 14.3. The van der Waals surface area contributed by atoms with E-state index in [9.17, 15) is 32.3 Å². The fourth-order valence-corrected chi connectivity index (χ4v) is 5.58. The summed E-state index contributed by atoms with van der Waals surface area (Å²) in [4.78, 5) is 30.5. The number of carbonyl (C=O) groups is 2. The van der Waals surface area contributed by atoms with E-state index in [4.69, 9.17) is 9.72 Å². The first-order chi connectivity index (χ1) is 21.5. The second-order valence-corrected chi connectivity index (χ2v) is 11.3. The summed E-state index contributed by atoms with van der Waals surface area (Å²) >= 11 is 1.58. The number of nitrogens with one attached hydrogen (secondary N) is 1. The Morgan fingerprint density at radius 3 is 2.24 bits per heavy atom. The molecular formula is C34H32F4N2O4S. The smallest absolute Gasteiger partial charge is 0.416 e. The molecule has 11 heteroatoms. The van der Waals surface area contributed by atoms with Gasteiger partial charge in [-0.3, -0.25) is 4.79 Å². The molecule has 0 saturated carbocycles. The van der Waals surface area contributed by atoms with E-state index in [2.05, 4.69) is 12.2 Å². The van der Waals surface area contributed by atoms with Gasteiger partial charge in [0.05, 0.1) is 17.9 Å². The molecule has 6 nitrogen and oxygen atoms in total. The maximum Gasteiger partial charge on any atom is 0.416 e. The summed E-state index contributed by atoms with van der Waals surface area (Å²) in [6.45, 7) is 4.18. The van der Waals surface area contributed by atoms with Gasteiger partial charge in [0.1, 0.15) is 22.6 Å². The molecule has 45 heavy (non-hydrogen) atoms. The van der Waals surface area contributed by atoms with Crippen molar-refractivity contribution in [1.82, 2.24) is 10.3 Å². The zero-order valence-corrected chi connectivity index (χ0v) is 25.5. The van der Waals surface area contributed by atoms with E-state index in [1.165, 1.54) is 18.2 Å². The molecule has 4 aromatic rings. The lowest BCUT2D eigenvalue weighted by Crippen LogP contribution is -2.38. The molecule has 4 rings (SSSR count). The first kappa shape index (κ1) is 33.4. The van der Waals surface area contributed by atoms with Gasteiger partial charge in [0, 0.05) is 40.6 Å². The van der Waals surface area contributed by atoms with Gasteiger partial charge in [-0.2, -0.15) is 13.2 Å². The minimum absolute atomic E-state index is 0.0623. The first-order valence-corrected chi connectivity index (χ1v) is 15.2. The van der Waals surface area contributed by atoms with E-state index >= 15 is 0 Å². The lowest BCUT2D eigenvalue weighted by atomic mass is 10.0. The molecule has 1 heterocycles. The van der Waals surface area contributed by atoms with Crippen LogP contribution in [0.1, 0.15) is 52.3 Å². The highest BCUT2D eigenvalue weighted by molar-refractivity contribution is 7.15. The normalized spacial score (nSPS) is 12.5. The predicted octanol–water partition coefficient (Wildman–Crippen LogP) is 7.91. The quantitative estimate of drug-likeness (QED) is 0.0828. The van der Waals surface area contributed by atoms with Crippen LogP contribution in [0.25, 0.3) is 10.6 Å². The number of hydrogen-bond donors (Lipinski definition) is 2. The summed E-state index contributed by atoms with van der Waals surface area (Å²) in [5.41, 5.74) is 2.08. The molecule has 236 valence electrons. The van der Waals surface area contributed by atoms with E-state index < -0.39 is 29.5 Å². The number of halogens is 4. The van der Waals surface area contributed by atoms with Gasteiger partial charge in [0.15, 0.2) is 5.78 Å². The molecule has 0 aliphatic heterocycles. The van der Waals surface area contributed by atoms with Crippen LogP contribution < -0.4 is 10.1 Å². The molecule has 3 aromatic carbocycles. The van der Waals surface area contributed by atoms with E-state index in [0.717, 1.165) is 57.4 Å². The third kappa shape index (κ3) is 9.24. The average molecular weight is 641 g/mol. The molecule has 0 aliphatic carbocycles. The number of allylic oxidation sites excluding steroid dienone is 2. The molecule has 0 aliphatic rings. The zero-order valence-electron chi connectivity index (χ0n) is 24.7. The zero-order chi connectivity index (χ0) is 32.6. The number of aryl methyl sites for hydroxylation is 1. The van der Waals surface area contributed by atoms with E-state index in [1.54, 1.807) is 54.7 Å². The summed E-state index contributed by atoms with van der Waals surface area (Å²) in [7, 11) is 0. The molecule has 1 aromatic heterocycles. The second kappa shape index (κ2) is 15.0. The SMILES string of the molecule is CC/C(=C\C(=O)c1ccc(C(F)(F)F)cc1)N[C@@H](Cc1ccc(OCCc2nc(-c3ccc(F)cc3)sc2CC)cc1)C(=O)O. The van der Waals surface area contributed by atoms with Crippen molar-refractivity contribution in [3.8, 4) is 16.3 Å². The Morgan fingerprint density at radius 2 is 1.67 bits per heavy atom. The maximum absolute atomic E-state index is 13.3. The van der Waals surface area contributed by atoms with Crippen LogP contribution in [0.15, 0.2) is 84.6 Å². The maximum atomic E-state index is 13.3. The number of nitrogens with zero attached hydrogens (tertiary/aromatic N) is 1. The van der Waals surface area contributed by atoms with Gasteiger partial charge in [0.25, 0.3) is 0 Å². The monoisotopic (exact) mass is 640 g/mol. The number of thiazole rings is 1. The van der Waals surface area contributed by atoms with Gasteiger partial charge in [-0.1, -0.05) is 38.1 Å². The van der Waals surface area contributed by atoms with Crippen molar-refractivity contribution in [3.63, 3.8) is 0 Å². The van der Waals surface area contributed by atoms with Gasteiger partial charge in [-0.05, 0) is 66.9 Å². The topological polar surface area (TPSA) is 88.5 Å². The highest BCUT2D eigenvalue weighted by atomic mass is 32.1. The Morgan fingerprint density at radius 1 is 1.00 bits per heavy atom. The molecule has 0 unspecified atom stereocenters. The van der Waals surface area contributed by atoms with Crippen LogP contribution in [0.5, 0.6) is 5.75 Å². The summed E-state index contributed by atoms with van der Waals surface area (Å²) in [5, 5.41) is 13.5.